The molecule has 0 bridgehead atoms. The molecular formula is C16H31N2O3P. The first kappa shape index (κ1) is 21.3. The van der Waals surface area contributed by atoms with Crippen molar-refractivity contribution in [1.82, 2.24) is 4.67 Å². The first-order valence-corrected chi connectivity index (χ1v) is 8.87. The maximum absolute atomic E-state index is 8.71. The van der Waals surface area contributed by atoms with Crippen LogP contribution in [0.4, 0.5) is 0 Å². The molecule has 0 spiro atoms. The maximum atomic E-state index is 8.71. The molecule has 2 unspecified atom stereocenters. The highest BCUT2D eigenvalue weighted by Crippen LogP contribution is 2.49. The molecule has 0 fully saturated rings. The van der Waals surface area contributed by atoms with E-state index in [1.807, 2.05) is 13.8 Å². The summed E-state index contributed by atoms with van der Waals surface area (Å²) in [5, 5.41) is 8.71. The van der Waals surface area contributed by atoms with Gasteiger partial charge >= 0.3 is 8.53 Å². The third kappa shape index (κ3) is 6.22. The zero-order valence-electron chi connectivity index (χ0n) is 15.0. The minimum absolute atomic E-state index is 0.261. The Hall–Kier alpha value is -0.660. The fourth-order valence-corrected chi connectivity index (χ4v) is 3.59. The molecule has 0 N–H and O–H groups in total. The van der Waals surface area contributed by atoms with Crippen LogP contribution in [0.1, 0.15) is 54.4 Å². The minimum Gasteiger partial charge on any atom is -0.438 e. The van der Waals surface area contributed by atoms with Crippen LogP contribution in [0.2, 0.25) is 0 Å². The lowest BCUT2D eigenvalue weighted by Crippen LogP contribution is -2.35. The van der Waals surface area contributed by atoms with Gasteiger partial charge in [-0.3, -0.25) is 0 Å². The van der Waals surface area contributed by atoms with Crippen molar-refractivity contribution < 1.29 is 13.8 Å². The van der Waals surface area contributed by atoms with Gasteiger partial charge in [-0.1, -0.05) is 13.5 Å². The molecule has 0 radical (unpaired) electrons. The summed E-state index contributed by atoms with van der Waals surface area (Å²) in [7, 11) is 0.325. The summed E-state index contributed by atoms with van der Waals surface area (Å²) in [4.78, 5) is 0. The van der Waals surface area contributed by atoms with Crippen LogP contribution in [0, 0.1) is 11.3 Å². The van der Waals surface area contributed by atoms with E-state index in [-0.39, 0.29) is 12.1 Å². The quantitative estimate of drug-likeness (QED) is 0.315. The SMILES string of the molecule is C=C(OP(OCCC#N)N(C(C)C)C(C)C)C(C)(CC)OC. The second-order valence-electron chi connectivity index (χ2n) is 5.85. The summed E-state index contributed by atoms with van der Waals surface area (Å²) in [6.45, 7) is 16.8. The molecule has 0 heterocycles. The zero-order valence-corrected chi connectivity index (χ0v) is 15.9. The van der Waals surface area contributed by atoms with Gasteiger partial charge in [-0.2, -0.15) is 5.26 Å². The van der Waals surface area contributed by atoms with E-state index >= 15 is 0 Å². The Kier molecular flexibility index (Phi) is 9.87. The van der Waals surface area contributed by atoms with Gasteiger partial charge in [-0.05, 0) is 41.0 Å². The van der Waals surface area contributed by atoms with Crippen molar-refractivity contribution in [3.63, 3.8) is 0 Å². The predicted octanol–water partition coefficient (Wildman–Crippen LogP) is 4.61. The van der Waals surface area contributed by atoms with Crippen LogP contribution in [0.15, 0.2) is 12.3 Å². The normalized spacial score (nSPS) is 15.7. The molecule has 128 valence electrons. The lowest BCUT2D eigenvalue weighted by Gasteiger charge is -2.38. The minimum atomic E-state index is -1.33. The van der Waals surface area contributed by atoms with Crippen LogP contribution < -0.4 is 0 Å². The molecule has 0 saturated heterocycles. The topological polar surface area (TPSA) is 54.7 Å². The second kappa shape index (κ2) is 10.2. The van der Waals surface area contributed by atoms with Gasteiger partial charge in [-0.25, -0.2) is 4.67 Å². The fraction of sp³-hybridized carbons (Fsp3) is 0.812. The Labute approximate surface area is 137 Å². The molecule has 2 atom stereocenters. The molecule has 0 aromatic heterocycles. The smallest absolute Gasteiger partial charge is 0.321 e. The lowest BCUT2D eigenvalue weighted by molar-refractivity contribution is 0.00395. The average molecular weight is 330 g/mol. The van der Waals surface area contributed by atoms with Gasteiger partial charge in [0.15, 0.2) is 0 Å². The molecule has 0 aliphatic rings. The van der Waals surface area contributed by atoms with Gasteiger partial charge < -0.3 is 13.8 Å². The van der Waals surface area contributed by atoms with E-state index in [0.29, 0.717) is 18.8 Å². The van der Waals surface area contributed by atoms with Crippen LogP contribution in [0.5, 0.6) is 0 Å². The molecule has 0 aromatic carbocycles. The van der Waals surface area contributed by atoms with E-state index < -0.39 is 14.1 Å². The molecule has 0 aliphatic heterocycles. The third-order valence-electron chi connectivity index (χ3n) is 3.57. The van der Waals surface area contributed by atoms with Crippen LogP contribution in [-0.4, -0.2) is 36.1 Å². The van der Waals surface area contributed by atoms with Gasteiger partial charge in [-0.15, -0.1) is 0 Å². The molecule has 0 rings (SSSR count). The highest BCUT2D eigenvalue weighted by Gasteiger charge is 2.34. The summed E-state index contributed by atoms with van der Waals surface area (Å²) in [6, 6.07) is 2.61. The van der Waals surface area contributed by atoms with Crippen molar-refractivity contribution in [1.29, 1.82) is 5.26 Å². The zero-order chi connectivity index (χ0) is 17.3. The van der Waals surface area contributed by atoms with Gasteiger partial charge in [0.05, 0.1) is 19.1 Å². The van der Waals surface area contributed by atoms with Crippen molar-refractivity contribution in [2.75, 3.05) is 13.7 Å². The summed E-state index contributed by atoms with van der Waals surface area (Å²) in [5.74, 6) is 0.562. The molecule has 0 saturated carbocycles. The Morgan fingerprint density at radius 3 is 2.23 bits per heavy atom. The molecule has 0 aromatic rings. The van der Waals surface area contributed by atoms with Crippen molar-refractivity contribution in [3.05, 3.63) is 12.3 Å². The average Bonchev–Trinajstić information content (AvgIpc) is 2.45. The first-order valence-electron chi connectivity index (χ1n) is 7.74. The van der Waals surface area contributed by atoms with E-state index in [1.165, 1.54) is 0 Å². The van der Waals surface area contributed by atoms with Crippen molar-refractivity contribution in [2.45, 2.75) is 72.1 Å². The Morgan fingerprint density at radius 2 is 1.86 bits per heavy atom. The van der Waals surface area contributed by atoms with Crippen LogP contribution in [0.25, 0.3) is 0 Å². The van der Waals surface area contributed by atoms with Crippen molar-refractivity contribution in [3.8, 4) is 6.07 Å². The van der Waals surface area contributed by atoms with E-state index in [2.05, 4.69) is 45.0 Å². The molecule has 6 heteroatoms. The number of nitriles is 1. The standard InChI is InChI=1S/C16H31N2O3P/c1-9-16(7,19-8)15(6)21-22(20-12-10-11-17)18(13(2)3)14(4)5/h13-14H,6,9-10,12H2,1-5,7-8H3. The van der Waals surface area contributed by atoms with Gasteiger partial charge in [0.25, 0.3) is 0 Å². The first-order chi connectivity index (χ1) is 10.2. The summed E-state index contributed by atoms with van der Waals surface area (Å²) >= 11 is 0. The van der Waals surface area contributed by atoms with Gasteiger partial charge in [0, 0.05) is 19.2 Å². The monoisotopic (exact) mass is 330 g/mol. The summed E-state index contributed by atoms with van der Waals surface area (Å²) < 4.78 is 19.6. The number of methoxy groups -OCH3 is 1. The summed E-state index contributed by atoms with van der Waals surface area (Å²) in [5.41, 5.74) is -0.543. The number of nitrogens with zero attached hydrogens (tertiary/aromatic N) is 2. The van der Waals surface area contributed by atoms with E-state index in [1.54, 1.807) is 7.11 Å². The number of ether oxygens (including phenoxy) is 1. The highest BCUT2D eigenvalue weighted by molar-refractivity contribution is 7.44. The van der Waals surface area contributed by atoms with Crippen molar-refractivity contribution in [2.24, 2.45) is 0 Å². The van der Waals surface area contributed by atoms with Gasteiger partial charge in [0.2, 0.25) is 0 Å². The Morgan fingerprint density at radius 1 is 1.32 bits per heavy atom. The molecule has 22 heavy (non-hydrogen) atoms. The largest absolute Gasteiger partial charge is 0.438 e. The highest BCUT2D eigenvalue weighted by atomic mass is 31.2. The van der Waals surface area contributed by atoms with E-state index in [9.17, 15) is 0 Å². The van der Waals surface area contributed by atoms with Crippen LogP contribution in [-0.2, 0) is 13.8 Å². The Balaban J connectivity index is 5.15. The predicted molar refractivity (Wildman–Crippen MR) is 91.1 cm³/mol. The van der Waals surface area contributed by atoms with Gasteiger partial charge in [0.1, 0.15) is 11.4 Å². The van der Waals surface area contributed by atoms with Crippen LogP contribution >= 0.6 is 8.53 Å². The lowest BCUT2D eigenvalue weighted by atomic mass is 10.0. The van der Waals surface area contributed by atoms with Crippen molar-refractivity contribution >= 4 is 8.53 Å². The fourth-order valence-electron chi connectivity index (χ4n) is 1.93. The van der Waals surface area contributed by atoms with E-state index in [0.717, 1.165) is 6.42 Å². The molecule has 0 amide bonds. The second-order valence-corrected chi connectivity index (χ2v) is 7.23. The third-order valence-corrected chi connectivity index (χ3v) is 5.65. The molecular weight excluding hydrogens is 299 g/mol. The maximum Gasteiger partial charge on any atom is 0.321 e. The number of rotatable bonds is 11. The Bertz CT molecular complexity index is 368. The number of hydrogen-bond donors (Lipinski definition) is 0. The summed E-state index contributed by atoms with van der Waals surface area (Å²) in [6.07, 6.45) is 1.10. The van der Waals surface area contributed by atoms with Crippen LogP contribution in [0.3, 0.4) is 0 Å². The molecule has 0 aliphatic carbocycles. The number of hydrogen-bond acceptors (Lipinski definition) is 5. The van der Waals surface area contributed by atoms with E-state index in [4.69, 9.17) is 19.0 Å². The molecule has 5 nitrogen and oxygen atoms in total.